The van der Waals surface area contributed by atoms with Crippen molar-refractivity contribution in [2.45, 2.75) is 39.0 Å². The summed E-state index contributed by atoms with van der Waals surface area (Å²) >= 11 is 1.67. The Labute approximate surface area is 94.5 Å². The normalized spacial score (nSPS) is 10.7. The minimum Gasteiger partial charge on any atom is -0.469 e. The molecule has 0 aromatic carbocycles. The van der Waals surface area contributed by atoms with Crippen LogP contribution in [0.2, 0.25) is 0 Å². The number of carbonyl (C=O) groups excluding carboxylic acids is 1. The summed E-state index contributed by atoms with van der Waals surface area (Å²) in [7, 11) is 1.42. The van der Waals surface area contributed by atoms with Gasteiger partial charge >= 0.3 is 5.97 Å². The summed E-state index contributed by atoms with van der Waals surface area (Å²) in [5.74, 6) is 0.339. The second-order valence-corrected chi connectivity index (χ2v) is 4.69. The quantitative estimate of drug-likeness (QED) is 0.726. The summed E-state index contributed by atoms with van der Waals surface area (Å²) < 4.78 is 4.58. The molecule has 1 aromatic heterocycles. The molecule has 1 rings (SSSR count). The molecule has 1 heterocycles. The number of methoxy groups -OCH3 is 1. The monoisotopic (exact) mass is 227 g/mol. The van der Waals surface area contributed by atoms with Crippen LogP contribution in [0, 0.1) is 0 Å². The predicted molar refractivity (Wildman–Crippen MR) is 61.2 cm³/mol. The fourth-order valence-electron chi connectivity index (χ4n) is 1.19. The number of carbonyl (C=O) groups is 1. The van der Waals surface area contributed by atoms with Gasteiger partial charge in [-0.25, -0.2) is 4.98 Å². The fraction of sp³-hybridized carbons (Fsp3) is 0.636. The molecule has 0 amide bonds. The van der Waals surface area contributed by atoms with E-state index in [4.69, 9.17) is 0 Å². The van der Waals surface area contributed by atoms with Gasteiger partial charge < -0.3 is 4.74 Å². The molecule has 3 nitrogen and oxygen atoms in total. The number of aryl methyl sites for hydroxylation is 1. The van der Waals surface area contributed by atoms with Crippen molar-refractivity contribution in [1.82, 2.24) is 4.98 Å². The Hall–Kier alpha value is -0.900. The highest BCUT2D eigenvalue weighted by Gasteiger charge is 2.06. The van der Waals surface area contributed by atoms with E-state index in [0.29, 0.717) is 12.3 Å². The van der Waals surface area contributed by atoms with E-state index >= 15 is 0 Å². The number of hydrogen-bond acceptors (Lipinski definition) is 4. The van der Waals surface area contributed by atoms with Crippen LogP contribution in [0.3, 0.4) is 0 Å². The van der Waals surface area contributed by atoms with Gasteiger partial charge in [-0.15, -0.1) is 11.3 Å². The average Bonchev–Trinajstić information content (AvgIpc) is 2.66. The first-order valence-electron chi connectivity index (χ1n) is 5.14. The maximum absolute atomic E-state index is 10.9. The van der Waals surface area contributed by atoms with Gasteiger partial charge in [0.15, 0.2) is 0 Å². The Bertz CT molecular complexity index is 320. The summed E-state index contributed by atoms with van der Waals surface area (Å²) in [6, 6.07) is 0. The van der Waals surface area contributed by atoms with Crippen molar-refractivity contribution in [2.24, 2.45) is 0 Å². The summed E-state index contributed by atoms with van der Waals surface area (Å²) in [6.07, 6.45) is 2.16. The van der Waals surface area contributed by atoms with Crippen molar-refractivity contribution in [1.29, 1.82) is 0 Å². The van der Waals surface area contributed by atoms with Gasteiger partial charge in [-0.05, 0) is 18.8 Å². The molecule has 1 aromatic rings. The molecule has 84 valence electrons. The molecular formula is C11H17NO2S. The van der Waals surface area contributed by atoms with Gasteiger partial charge in [0, 0.05) is 11.8 Å². The number of ether oxygens (including phenoxy) is 1. The minimum atomic E-state index is -0.143. The maximum atomic E-state index is 10.9. The topological polar surface area (TPSA) is 39.2 Å². The van der Waals surface area contributed by atoms with Crippen molar-refractivity contribution >= 4 is 17.3 Å². The summed E-state index contributed by atoms with van der Waals surface area (Å²) in [5, 5.41) is 3.21. The maximum Gasteiger partial charge on any atom is 0.305 e. The molecule has 0 N–H and O–H groups in total. The Morgan fingerprint density at radius 1 is 1.60 bits per heavy atom. The van der Waals surface area contributed by atoms with E-state index in [1.165, 1.54) is 7.11 Å². The van der Waals surface area contributed by atoms with Crippen molar-refractivity contribution in [3.8, 4) is 0 Å². The van der Waals surface area contributed by atoms with Crippen LogP contribution in [-0.2, 0) is 16.0 Å². The highest BCUT2D eigenvalue weighted by molar-refractivity contribution is 7.09. The smallest absolute Gasteiger partial charge is 0.305 e. The van der Waals surface area contributed by atoms with Gasteiger partial charge in [-0.2, -0.15) is 0 Å². The first-order valence-corrected chi connectivity index (χ1v) is 6.02. The zero-order chi connectivity index (χ0) is 11.3. The van der Waals surface area contributed by atoms with E-state index in [1.54, 1.807) is 11.3 Å². The number of thiazole rings is 1. The molecule has 0 unspecified atom stereocenters. The standard InChI is InChI=1S/C11H17NO2S/c1-8(2)9-7-15-10(12-9)5-4-6-11(13)14-3/h7-8H,4-6H2,1-3H3. The third-order valence-electron chi connectivity index (χ3n) is 2.16. The van der Waals surface area contributed by atoms with Crippen LogP contribution in [0.4, 0.5) is 0 Å². The lowest BCUT2D eigenvalue weighted by Crippen LogP contribution is -2.00. The number of hydrogen-bond donors (Lipinski definition) is 0. The van der Waals surface area contributed by atoms with E-state index in [1.807, 2.05) is 0 Å². The van der Waals surface area contributed by atoms with Crippen LogP contribution in [0.5, 0.6) is 0 Å². The lowest BCUT2D eigenvalue weighted by molar-refractivity contribution is -0.140. The molecule has 0 atom stereocenters. The van der Waals surface area contributed by atoms with Gasteiger partial charge in [-0.3, -0.25) is 4.79 Å². The first-order chi connectivity index (χ1) is 7.13. The third-order valence-corrected chi connectivity index (χ3v) is 3.09. The summed E-state index contributed by atoms with van der Waals surface area (Å²) in [4.78, 5) is 15.4. The lowest BCUT2D eigenvalue weighted by atomic mass is 10.2. The minimum absolute atomic E-state index is 0.143. The predicted octanol–water partition coefficient (Wildman–Crippen LogP) is 2.76. The molecule has 0 bridgehead atoms. The van der Waals surface area contributed by atoms with Crippen LogP contribution in [-0.4, -0.2) is 18.1 Å². The van der Waals surface area contributed by atoms with Gasteiger partial charge in [0.1, 0.15) is 0 Å². The molecule has 0 spiro atoms. The SMILES string of the molecule is COC(=O)CCCc1nc(C(C)C)cs1. The largest absolute Gasteiger partial charge is 0.469 e. The molecular weight excluding hydrogens is 210 g/mol. The molecule has 0 saturated carbocycles. The van der Waals surface area contributed by atoms with Gasteiger partial charge in [0.25, 0.3) is 0 Å². The van der Waals surface area contributed by atoms with E-state index in [-0.39, 0.29) is 5.97 Å². The second-order valence-electron chi connectivity index (χ2n) is 3.75. The van der Waals surface area contributed by atoms with Crippen molar-refractivity contribution < 1.29 is 9.53 Å². The van der Waals surface area contributed by atoms with Crippen LogP contribution < -0.4 is 0 Å². The van der Waals surface area contributed by atoms with E-state index in [0.717, 1.165) is 23.5 Å². The van der Waals surface area contributed by atoms with Gasteiger partial charge in [-0.1, -0.05) is 13.8 Å². The summed E-state index contributed by atoms with van der Waals surface area (Å²) in [5.41, 5.74) is 1.15. The Balaban J connectivity index is 2.34. The van der Waals surface area contributed by atoms with Crippen LogP contribution in [0.15, 0.2) is 5.38 Å². The summed E-state index contributed by atoms with van der Waals surface area (Å²) in [6.45, 7) is 4.26. The van der Waals surface area contributed by atoms with E-state index in [9.17, 15) is 4.79 Å². The average molecular weight is 227 g/mol. The molecule has 0 aliphatic rings. The van der Waals surface area contributed by atoms with Crippen LogP contribution in [0.1, 0.15) is 43.3 Å². The molecule has 0 radical (unpaired) electrons. The number of esters is 1. The zero-order valence-electron chi connectivity index (χ0n) is 9.45. The van der Waals surface area contributed by atoms with Gasteiger partial charge in [0.2, 0.25) is 0 Å². The molecule has 15 heavy (non-hydrogen) atoms. The van der Waals surface area contributed by atoms with Crippen LogP contribution in [0.25, 0.3) is 0 Å². The molecule has 0 aliphatic heterocycles. The highest BCUT2D eigenvalue weighted by atomic mass is 32.1. The van der Waals surface area contributed by atoms with Crippen molar-refractivity contribution in [2.75, 3.05) is 7.11 Å². The lowest BCUT2D eigenvalue weighted by Gasteiger charge is -1.98. The number of aromatic nitrogens is 1. The van der Waals surface area contributed by atoms with Crippen molar-refractivity contribution in [3.05, 3.63) is 16.1 Å². The molecule has 0 aliphatic carbocycles. The second kappa shape index (κ2) is 5.85. The first kappa shape index (κ1) is 12.2. The van der Waals surface area contributed by atoms with Crippen LogP contribution >= 0.6 is 11.3 Å². The molecule has 4 heteroatoms. The highest BCUT2D eigenvalue weighted by Crippen LogP contribution is 2.19. The van der Waals surface area contributed by atoms with E-state index in [2.05, 4.69) is 28.9 Å². The van der Waals surface area contributed by atoms with Gasteiger partial charge in [0.05, 0.1) is 17.8 Å². The third kappa shape index (κ3) is 4.00. The fourth-order valence-corrected chi connectivity index (χ4v) is 2.19. The van der Waals surface area contributed by atoms with Crippen molar-refractivity contribution in [3.63, 3.8) is 0 Å². The zero-order valence-corrected chi connectivity index (χ0v) is 10.3. The Morgan fingerprint density at radius 2 is 2.33 bits per heavy atom. The molecule has 0 saturated heterocycles. The number of rotatable bonds is 5. The Morgan fingerprint density at radius 3 is 2.87 bits per heavy atom. The molecule has 0 fully saturated rings. The Kier molecular flexibility index (Phi) is 4.75. The number of nitrogens with zero attached hydrogens (tertiary/aromatic N) is 1. The van der Waals surface area contributed by atoms with E-state index < -0.39 is 0 Å².